The number of carbonyl (C=O) groups is 2. The number of carbonyl (C=O) groups excluding carboxylic acids is 2. The Kier molecular flexibility index (Phi) is 7.46. The Balaban J connectivity index is 1.77. The highest BCUT2D eigenvalue weighted by atomic mass is 79.9. The third-order valence-electron chi connectivity index (χ3n) is 6.39. The standard InChI is InChI=1S/C26H35BrN2O4Si/c1-25(2,3)32-24(31)16-9-11-18(12-10-16)29-23(30)20-14-21(33-34(7,8)26(4,5)6)19-13-17(27)15-28-22(19)20/h9-13,15,20-21H,14H2,1-8H3,(H,29,30). The van der Waals surface area contributed by atoms with Crippen molar-refractivity contribution in [2.75, 3.05) is 5.32 Å². The fourth-order valence-corrected chi connectivity index (χ4v) is 5.24. The summed E-state index contributed by atoms with van der Waals surface area (Å²) < 4.78 is 13.0. The van der Waals surface area contributed by atoms with Crippen LogP contribution in [0.1, 0.15) is 81.6 Å². The summed E-state index contributed by atoms with van der Waals surface area (Å²) in [5.74, 6) is -0.943. The maximum atomic E-state index is 13.3. The molecule has 34 heavy (non-hydrogen) atoms. The average Bonchev–Trinajstić information content (AvgIpc) is 3.03. The molecular formula is C26H35BrN2O4Si. The summed E-state index contributed by atoms with van der Waals surface area (Å²) in [6.07, 6.45) is 2.10. The van der Waals surface area contributed by atoms with E-state index in [1.54, 1.807) is 30.5 Å². The van der Waals surface area contributed by atoms with E-state index < -0.39 is 25.8 Å². The van der Waals surface area contributed by atoms with Crippen molar-refractivity contribution in [2.24, 2.45) is 0 Å². The van der Waals surface area contributed by atoms with Gasteiger partial charge in [0.05, 0.1) is 23.3 Å². The number of hydrogen-bond acceptors (Lipinski definition) is 5. The van der Waals surface area contributed by atoms with Gasteiger partial charge in [-0.1, -0.05) is 20.8 Å². The Morgan fingerprint density at radius 1 is 1.09 bits per heavy atom. The van der Waals surface area contributed by atoms with E-state index in [1.807, 2.05) is 26.8 Å². The van der Waals surface area contributed by atoms with Gasteiger partial charge < -0.3 is 14.5 Å². The summed E-state index contributed by atoms with van der Waals surface area (Å²) in [5.41, 5.74) is 2.22. The highest BCUT2D eigenvalue weighted by Crippen LogP contribution is 2.47. The molecular weight excluding hydrogens is 512 g/mol. The van der Waals surface area contributed by atoms with Gasteiger partial charge in [0, 0.05) is 21.9 Å². The van der Waals surface area contributed by atoms with Crippen molar-refractivity contribution in [2.45, 2.75) is 83.7 Å². The molecule has 2 atom stereocenters. The quantitative estimate of drug-likeness (QED) is 0.323. The largest absolute Gasteiger partial charge is 0.456 e. The van der Waals surface area contributed by atoms with Gasteiger partial charge in [0.15, 0.2) is 8.32 Å². The number of ether oxygens (including phenoxy) is 1. The summed E-state index contributed by atoms with van der Waals surface area (Å²) >= 11 is 3.51. The van der Waals surface area contributed by atoms with Gasteiger partial charge in [-0.2, -0.15) is 0 Å². The van der Waals surface area contributed by atoms with Crippen LogP contribution < -0.4 is 5.32 Å². The normalized spacial score (nSPS) is 18.4. The van der Waals surface area contributed by atoms with Crippen LogP contribution in [-0.4, -0.2) is 30.8 Å². The molecule has 0 aliphatic heterocycles. The minimum absolute atomic E-state index is 0.0584. The first-order valence-electron chi connectivity index (χ1n) is 11.5. The minimum atomic E-state index is -2.05. The number of rotatable bonds is 5. The first-order valence-corrected chi connectivity index (χ1v) is 15.2. The predicted octanol–water partition coefficient (Wildman–Crippen LogP) is 6.99. The summed E-state index contributed by atoms with van der Waals surface area (Å²) in [6.45, 7) is 16.5. The van der Waals surface area contributed by atoms with E-state index in [2.05, 4.69) is 60.1 Å². The summed E-state index contributed by atoms with van der Waals surface area (Å²) in [4.78, 5) is 30.1. The van der Waals surface area contributed by atoms with Crippen molar-refractivity contribution in [3.63, 3.8) is 0 Å². The van der Waals surface area contributed by atoms with Crippen molar-refractivity contribution in [3.8, 4) is 0 Å². The lowest BCUT2D eigenvalue weighted by Crippen LogP contribution is -2.41. The fraction of sp³-hybridized carbons (Fsp3) is 0.500. The zero-order valence-corrected chi connectivity index (χ0v) is 23.9. The number of hydrogen-bond donors (Lipinski definition) is 1. The van der Waals surface area contributed by atoms with Crippen molar-refractivity contribution in [1.29, 1.82) is 0 Å². The molecule has 1 heterocycles. The summed E-state index contributed by atoms with van der Waals surface area (Å²) in [5, 5.41) is 3.04. The predicted molar refractivity (Wildman–Crippen MR) is 141 cm³/mol. The van der Waals surface area contributed by atoms with Crippen molar-refractivity contribution < 1.29 is 18.8 Å². The van der Waals surface area contributed by atoms with Gasteiger partial charge in [-0.3, -0.25) is 9.78 Å². The number of nitrogens with zero attached hydrogens (tertiary/aromatic N) is 1. The summed E-state index contributed by atoms with van der Waals surface area (Å²) in [7, 11) is -2.05. The van der Waals surface area contributed by atoms with Gasteiger partial charge in [-0.05, 0) is 91.6 Å². The molecule has 0 radical (unpaired) electrons. The molecule has 1 N–H and O–H groups in total. The van der Waals surface area contributed by atoms with E-state index in [4.69, 9.17) is 9.16 Å². The molecule has 8 heteroatoms. The molecule has 184 valence electrons. The smallest absolute Gasteiger partial charge is 0.338 e. The van der Waals surface area contributed by atoms with Gasteiger partial charge in [0.1, 0.15) is 5.60 Å². The maximum Gasteiger partial charge on any atom is 0.338 e. The Morgan fingerprint density at radius 3 is 2.26 bits per heavy atom. The molecule has 0 spiro atoms. The lowest BCUT2D eigenvalue weighted by Gasteiger charge is -2.38. The second-order valence-corrected chi connectivity index (χ2v) is 17.0. The average molecular weight is 548 g/mol. The van der Waals surface area contributed by atoms with Crippen LogP contribution >= 0.6 is 15.9 Å². The van der Waals surface area contributed by atoms with Crippen LogP contribution in [-0.2, 0) is 14.0 Å². The van der Waals surface area contributed by atoms with E-state index in [-0.39, 0.29) is 17.0 Å². The van der Waals surface area contributed by atoms with E-state index in [9.17, 15) is 9.59 Å². The number of anilines is 1. The van der Waals surface area contributed by atoms with Crippen molar-refractivity contribution in [3.05, 3.63) is 57.8 Å². The van der Waals surface area contributed by atoms with Crippen LogP contribution in [0.25, 0.3) is 0 Å². The molecule has 0 fully saturated rings. The lowest BCUT2D eigenvalue weighted by atomic mass is 10.1. The Morgan fingerprint density at radius 2 is 1.71 bits per heavy atom. The van der Waals surface area contributed by atoms with Gasteiger partial charge in [-0.15, -0.1) is 0 Å². The molecule has 0 saturated carbocycles. The first-order chi connectivity index (χ1) is 15.6. The Hall–Kier alpha value is -2.03. The second-order valence-electron chi connectivity index (χ2n) is 11.4. The van der Waals surface area contributed by atoms with Gasteiger partial charge in [0.2, 0.25) is 5.91 Å². The zero-order chi connectivity index (χ0) is 25.5. The van der Waals surface area contributed by atoms with E-state index in [0.717, 1.165) is 15.7 Å². The first kappa shape index (κ1) is 26.6. The number of amides is 1. The van der Waals surface area contributed by atoms with Gasteiger partial charge in [0.25, 0.3) is 0 Å². The van der Waals surface area contributed by atoms with Crippen molar-refractivity contribution in [1.82, 2.24) is 4.98 Å². The molecule has 0 bridgehead atoms. The SMILES string of the molecule is CC(C)(C)OC(=O)c1ccc(NC(=O)C2CC(O[Si](C)(C)C(C)(C)C)c3cc(Br)cnc32)cc1. The Bertz CT molecular complexity index is 1070. The zero-order valence-electron chi connectivity index (χ0n) is 21.3. The number of benzene rings is 1. The number of esters is 1. The molecule has 6 nitrogen and oxygen atoms in total. The third kappa shape index (κ3) is 6.15. The van der Waals surface area contributed by atoms with Crippen molar-refractivity contribution >= 4 is 41.8 Å². The highest BCUT2D eigenvalue weighted by Gasteiger charge is 2.44. The number of halogens is 1. The summed E-state index contributed by atoms with van der Waals surface area (Å²) in [6, 6.07) is 8.76. The molecule has 0 saturated heterocycles. The van der Waals surface area contributed by atoms with Crippen LogP contribution in [0, 0.1) is 0 Å². The molecule has 3 rings (SSSR count). The number of nitrogens with one attached hydrogen (secondary N) is 1. The molecule has 1 amide bonds. The molecule has 1 aromatic heterocycles. The van der Waals surface area contributed by atoms with Crippen LogP contribution in [0.2, 0.25) is 18.1 Å². The van der Waals surface area contributed by atoms with E-state index in [1.165, 1.54) is 0 Å². The highest BCUT2D eigenvalue weighted by molar-refractivity contribution is 9.10. The molecule has 2 unspecified atom stereocenters. The molecule has 1 aliphatic rings. The maximum absolute atomic E-state index is 13.3. The molecule has 1 aliphatic carbocycles. The van der Waals surface area contributed by atoms with Crippen LogP contribution in [0.5, 0.6) is 0 Å². The lowest BCUT2D eigenvalue weighted by molar-refractivity contribution is -0.118. The topological polar surface area (TPSA) is 77.5 Å². The Labute approximate surface area is 212 Å². The fourth-order valence-electron chi connectivity index (χ4n) is 3.60. The van der Waals surface area contributed by atoms with Gasteiger partial charge >= 0.3 is 5.97 Å². The second kappa shape index (κ2) is 9.55. The third-order valence-corrected chi connectivity index (χ3v) is 11.3. The van der Waals surface area contributed by atoms with Crippen LogP contribution in [0.3, 0.4) is 0 Å². The molecule has 2 aromatic rings. The van der Waals surface area contributed by atoms with Crippen LogP contribution in [0.15, 0.2) is 41.0 Å². The van der Waals surface area contributed by atoms with Gasteiger partial charge in [-0.25, -0.2) is 4.79 Å². The van der Waals surface area contributed by atoms with E-state index >= 15 is 0 Å². The number of fused-ring (bicyclic) bond motifs is 1. The number of pyridine rings is 1. The molecule has 1 aromatic carbocycles. The monoisotopic (exact) mass is 546 g/mol. The minimum Gasteiger partial charge on any atom is -0.456 e. The van der Waals surface area contributed by atoms with Crippen LogP contribution in [0.4, 0.5) is 5.69 Å². The van der Waals surface area contributed by atoms with E-state index in [0.29, 0.717) is 17.7 Å². The number of aromatic nitrogens is 1.